The van der Waals surface area contributed by atoms with Crippen LogP contribution >= 0.6 is 31.9 Å². The number of nitrogens with zero attached hydrogens (tertiary/aromatic N) is 2. The van der Waals surface area contributed by atoms with Crippen LogP contribution in [0.15, 0.2) is 21.1 Å². The number of carbonyl (C=O) groups is 1. The zero-order chi connectivity index (χ0) is 19.5. The normalized spacial score (nSPS) is 17.7. The molecule has 0 saturated carbocycles. The van der Waals surface area contributed by atoms with Gasteiger partial charge in [-0.2, -0.15) is 0 Å². The molecule has 1 aromatic carbocycles. The fourth-order valence-electron chi connectivity index (χ4n) is 2.70. The van der Waals surface area contributed by atoms with Gasteiger partial charge in [0.05, 0.1) is 19.9 Å². The lowest BCUT2D eigenvalue weighted by atomic mass is 10.0. The summed E-state index contributed by atoms with van der Waals surface area (Å²) in [5.41, 5.74) is -0.589. The Kier molecular flexibility index (Phi) is 6.90. The Morgan fingerprint density at radius 3 is 2.46 bits per heavy atom. The average Bonchev–Trinajstić information content (AvgIpc) is 2.52. The molecule has 1 amide bonds. The van der Waals surface area contributed by atoms with Gasteiger partial charge in [-0.05, 0) is 71.9 Å². The number of amides is 1. The van der Waals surface area contributed by atoms with Crippen molar-refractivity contribution in [3.05, 3.63) is 31.2 Å². The number of rotatable bonds is 4. The van der Waals surface area contributed by atoms with Crippen molar-refractivity contribution in [2.75, 3.05) is 13.2 Å². The van der Waals surface area contributed by atoms with E-state index >= 15 is 0 Å². The van der Waals surface area contributed by atoms with Gasteiger partial charge in [-0.3, -0.25) is 10.1 Å². The number of nitro benzene ring substituents is 1. The minimum absolute atomic E-state index is 0.0378. The van der Waals surface area contributed by atoms with Crippen LogP contribution < -0.4 is 4.74 Å². The molecule has 0 bridgehead atoms. The highest BCUT2D eigenvalue weighted by atomic mass is 79.9. The van der Waals surface area contributed by atoms with Gasteiger partial charge in [0.25, 0.3) is 5.69 Å². The molecule has 1 heterocycles. The zero-order valence-electron chi connectivity index (χ0n) is 15.0. The molecular weight excluding hydrogens is 472 g/mol. The minimum atomic E-state index is -0.551. The third kappa shape index (κ3) is 5.57. The van der Waals surface area contributed by atoms with Crippen molar-refractivity contribution >= 4 is 43.6 Å². The first-order valence-corrected chi connectivity index (χ1v) is 9.93. The molecule has 1 aliphatic rings. The Bertz CT molecular complexity index is 667. The van der Waals surface area contributed by atoms with Crippen LogP contribution in [0.5, 0.6) is 5.75 Å². The molecule has 0 radical (unpaired) electrons. The number of hydrogen-bond acceptors (Lipinski definition) is 5. The molecule has 9 heteroatoms. The Hall–Kier alpha value is -1.35. The standard InChI is InChI=1S/C17H22Br2N2O5/c1-17(2,3)26-16(22)20-7-5-4-6-11(20)10-25-15-13(18)8-12(21(23)24)9-14(15)19/h8-9,11H,4-7,10H2,1-3H3. The van der Waals surface area contributed by atoms with Gasteiger partial charge in [0.15, 0.2) is 0 Å². The van der Waals surface area contributed by atoms with Gasteiger partial charge >= 0.3 is 6.09 Å². The highest BCUT2D eigenvalue weighted by Gasteiger charge is 2.31. The topological polar surface area (TPSA) is 81.9 Å². The van der Waals surface area contributed by atoms with Crippen LogP contribution in [-0.2, 0) is 4.74 Å². The van der Waals surface area contributed by atoms with Crippen LogP contribution in [-0.4, -0.2) is 40.7 Å². The van der Waals surface area contributed by atoms with Gasteiger partial charge in [-0.1, -0.05) is 0 Å². The number of hydrogen-bond donors (Lipinski definition) is 0. The zero-order valence-corrected chi connectivity index (χ0v) is 18.1. The molecule has 26 heavy (non-hydrogen) atoms. The molecular formula is C17H22Br2N2O5. The van der Waals surface area contributed by atoms with Crippen molar-refractivity contribution < 1.29 is 19.2 Å². The second-order valence-corrected chi connectivity index (χ2v) is 8.84. The molecule has 7 nitrogen and oxygen atoms in total. The fourth-order valence-corrected chi connectivity index (χ4v) is 4.10. The van der Waals surface area contributed by atoms with Crippen molar-refractivity contribution in [2.24, 2.45) is 0 Å². The van der Waals surface area contributed by atoms with Crippen LogP contribution in [0.3, 0.4) is 0 Å². The van der Waals surface area contributed by atoms with Crippen molar-refractivity contribution in [1.29, 1.82) is 0 Å². The lowest BCUT2D eigenvalue weighted by Crippen LogP contribution is -2.48. The van der Waals surface area contributed by atoms with E-state index in [2.05, 4.69) is 31.9 Å². The summed E-state index contributed by atoms with van der Waals surface area (Å²) in [6.07, 6.45) is 2.42. The van der Waals surface area contributed by atoms with Crippen LogP contribution in [0.1, 0.15) is 40.0 Å². The van der Waals surface area contributed by atoms with E-state index in [1.54, 1.807) is 4.90 Å². The van der Waals surface area contributed by atoms with Crippen LogP contribution in [0.4, 0.5) is 10.5 Å². The van der Waals surface area contributed by atoms with Gasteiger partial charge in [0.2, 0.25) is 0 Å². The summed E-state index contributed by atoms with van der Waals surface area (Å²) in [6, 6.07) is 2.69. The van der Waals surface area contributed by atoms with E-state index in [4.69, 9.17) is 9.47 Å². The summed E-state index contributed by atoms with van der Waals surface area (Å²) in [7, 11) is 0. The Balaban J connectivity index is 2.09. The van der Waals surface area contributed by atoms with Crippen LogP contribution in [0, 0.1) is 10.1 Å². The van der Waals surface area contributed by atoms with Gasteiger partial charge in [-0.25, -0.2) is 4.79 Å². The van der Waals surface area contributed by atoms with E-state index in [1.165, 1.54) is 12.1 Å². The van der Waals surface area contributed by atoms with E-state index in [0.29, 0.717) is 21.2 Å². The number of nitro groups is 1. The summed E-state index contributed by atoms with van der Waals surface area (Å²) >= 11 is 6.62. The monoisotopic (exact) mass is 492 g/mol. The number of ether oxygens (including phenoxy) is 2. The Labute approximate surface area is 169 Å². The molecule has 2 rings (SSSR count). The van der Waals surface area contributed by atoms with Crippen LogP contribution in [0.25, 0.3) is 0 Å². The molecule has 1 unspecified atom stereocenters. The average molecular weight is 494 g/mol. The molecule has 1 aromatic rings. The predicted octanol–water partition coefficient (Wildman–Crippen LogP) is 5.29. The van der Waals surface area contributed by atoms with Crippen molar-refractivity contribution in [3.8, 4) is 5.75 Å². The highest BCUT2D eigenvalue weighted by Crippen LogP contribution is 2.37. The van der Waals surface area contributed by atoms with Gasteiger partial charge in [0, 0.05) is 18.7 Å². The second-order valence-electron chi connectivity index (χ2n) is 7.13. The molecule has 0 aromatic heterocycles. The quantitative estimate of drug-likeness (QED) is 0.420. The van der Waals surface area contributed by atoms with Crippen molar-refractivity contribution in [3.63, 3.8) is 0 Å². The summed E-state index contributed by atoms with van der Waals surface area (Å²) in [5, 5.41) is 10.9. The molecule has 1 atom stereocenters. The van der Waals surface area contributed by atoms with Crippen molar-refractivity contribution in [2.45, 2.75) is 51.7 Å². The first kappa shape index (κ1) is 21.0. The molecule has 144 valence electrons. The third-order valence-corrected chi connectivity index (χ3v) is 5.05. The largest absolute Gasteiger partial charge is 0.489 e. The Morgan fingerprint density at radius 1 is 1.31 bits per heavy atom. The molecule has 1 fully saturated rings. The molecule has 1 saturated heterocycles. The van der Waals surface area contributed by atoms with E-state index < -0.39 is 10.5 Å². The molecule has 0 spiro atoms. The first-order chi connectivity index (χ1) is 12.1. The van der Waals surface area contributed by atoms with E-state index in [-0.39, 0.29) is 24.4 Å². The predicted molar refractivity (Wildman–Crippen MR) is 105 cm³/mol. The number of carbonyl (C=O) groups excluding carboxylic acids is 1. The van der Waals surface area contributed by atoms with Gasteiger partial charge < -0.3 is 14.4 Å². The summed E-state index contributed by atoms with van der Waals surface area (Å²) in [5.74, 6) is 0.477. The maximum Gasteiger partial charge on any atom is 0.410 e. The van der Waals surface area contributed by atoms with Gasteiger partial charge in [-0.15, -0.1) is 0 Å². The second kappa shape index (κ2) is 8.56. The number of halogens is 2. The minimum Gasteiger partial charge on any atom is -0.489 e. The smallest absolute Gasteiger partial charge is 0.410 e. The number of benzene rings is 1. The SMILES string of the molecule is CC(C)(C)OC(=O)N1CCCCC1COc1c(Br)cc([N+](=O)[O-])cc1Br. The number of likely N-dealkylation sites (tertiary alicyclic amines) is 1. The summed E-state index contributed by atoms with van der Waals surface area (Å²) in [4.78, 5) is 24.6. The highest BCUT2D eigenvalue weighted by molar-refractivity contribution is 9.11. The van der Waals surface area contributed by atoms with Gasteiger partial charge in [0.1, 0.15) is 18.0 Å². The molecule has 1 aliphatic heterocycles. The molecule has 0 aliphatic carbocycles. The third-order valence-electron chi connectivity index (χ3n) is 3.87. The summed E-state index contributed by atoms with van der Waals surface area (Å²) < 4.78 is 12.3. The lowest BCUT2D eigenvalue weighted by Gasteiger charge is -2.36. The number of piperidine rings is 1. The van der Waals surface area contributed by atoms with E-state index in [9.17, 15) is 14.9 Å². The Morgan fingerprint density at radius 2 is 1.92 bits per heavy atom. The maximum atomic E-state index is 12.4. The van der Waals surface area contributed by atoms with Crippen LogP contribution in [0.2, 0.25) is 0 Å². The fraction of sp³-hybridized carbons (Fsp3) is 0.588. The van der Waals surface area contributed by atoms with Crippen molar-refractivity contribution in [1.82, 2.24) is 4.90 Å². The molecule has 0 N–H and O–H groups in total. The lowest BCUT2D eigenvalue weighted by molar-refractivity contribution is -0.385. The van der Waals surface area contributed by atoms with E-state index in [0.717, 1.165) is 19.3 Å². The number of non-ortho nitro benzene ring substituents is 1. The summed E-state index contributed by atoms with van der Waals surface area (Å²) in [6.45, 7) is 6.43. The maximum absolute atomic E-state index is 12.4. The first-order valence-electron chi connectivity index (χ1n) is 8.34. The van der Waals surface area contributed by atoms with E-state index in [1.807, 2.05) is 20.8 Å².